The van der Waals surface area contributed by atoms with E-state index in [0.29, 0.717) is 18.4 Å². The number of ketones is 1. The van der Waals surface area contributed by atoms with Gasteiger partial charge in [-0.25, -0.2) is 8.78 Å². The Hall–Kier alpha value is -1.82. The molecule has 0 radical (unpaired) electrons. The summed E-state index contributed by atoms with van der Waals surface area (Å²) in [5.41, 5.74) is -0.228. The Balaban J connectivity index is 2.39. The van der Waals surface area contributed by atoms with Crippen LogP contribution in [0.1, 0.15) is 43.5 Å². The molecular formula is C16H21F2NO3. The molecule has 22 heavy (non-hydrogen) atoms. The molecule has 2 N–H and O–H groups in total. The number of nitrogens with one attached hydrogen (secondary N) is 1. The highest BCUT2D eigenvalue weighted by molar-refractivity contribution is 5.98. The van der Waals surface area contributed by atoms with E-state index in [2.05, 4.69) is 5.32 Å². The number of halogens is 2. The van der Waals surface area contributed by atoms with Crippen molar-refractivity contribution >= 4 is 11.7 Å². The molecule has 0 saturated heterocycles. The van der Waals surface area contributed by atoms with E-state index in [9.17, 15) is 23.5 Å². The van der Waals surface area contributed by atoms with Crippen LogP contribution in [0.15, 0.2) is 18.2 Å². The van der Waals surface area contributed by atoms with Gasteiger partial charge in [-0.15, -0.1) is 0 Å². The summed E-state index contributed by atoms with van der Waals surface area (Å²) in [6, 6.07) is 2.70. The fourth-order valence-electron chi connectivity index (χ4n) is 2.02. The molecule has 1 aromatic rings. The molecule has 0 fully saturated rings. The first-order chi connectivity index (χ1) is 10.3. The standard InChI is InChI=1S/C16H21F2NO3/c1-10(2)7-12(20)9-19-16(22)6-5-15(21)13-4-3-11(17)8-14(13)18/h3-4,8,10,12,20H,5-7,9H2,1-2H3,(H,19,22). The summed E-state index contributed by atoms with van der Waals surface area (Å²) in [5.74, 6) is -2.33. The Morgan fingerprint density at radius 2 is 1.91 bits per heavy atom. The Morgan fingerprint density at radius 3 is 2.50 bits per heavy atom. The topological polar surface area (TPSA) is 66.4 Å². The predicted octanol–water partition coefficient (Wildman–Crippen LogP) is 2.45. The van der Waals surface area contributed by atoms with E-state index in [1.54, 1.807) is 0 Å². The summed E-state index contributed by atoms with van der Waals surface area (Å²) in [4.78, 5) is 23.4. The third-order valence-electron chi connectivity index (χ3n) is 3.09. The molecule has 6 heteroatoms. The molecule has 122 valence electrons. The van der Waals surface area contributed by atoms with Crippen molar-refractivity contribution in [3.63, 3.8) is 0 Å². The zero-order valence-corrected chi connectivity index (χ0v) is 12.7. The van der Waals surface area contributed by atoms with E-state index in [1.807, 2.05) is 13.8 Å². The molecule has 0 aliphatic heterocycles. The zero-order chi connectivity index (χ0) is 16.7. The molecule has 1 amide bonds. The van der Waals surface area contributed by atoms with Crippen LogP contribution in [0.4, 0.5) is 8.78 Å². The van der Waals surface area contributed by atoms with Gasteiger partial charge in [0.05, 0.1) is 11.7 Å². The zero-order valence-electron chi connectivity index (χ0n) is 12.7. The van der Waals surface area contributed by atoms with Gasteiger partial charge in [-0.3, -0.25) is 9.59 Å². The van der Waals surface area contributed by atoms with Gasteiger partial charge in [-0.05, 0) is 24.5 Å². The average Bonchev–Trinajstić information content (AvgIpc) is 2.41. The second-order valence-electron chi connectivity index (χ2n) is 5.63. The molecule has 4 nitrogen and oxygen atoms in total. The third kappa shape index (κ3) is 6.30. The van der Waals surface area contributed by atoms with Crippen LogP contribution >= 0.6 is 0 Å². The van der Waals surface area contributed by atoms with Crippen molar-refractivity contribution in [2.75, 3.05) is 6.54 Å². The van der Waals surface area contributed by atoms with Crippen LogP contribution in [0.2, 0.25) is 0 Å². The second kappa shape index (κ2) is 8.58. The van der Waals surface area contributed by atoms with Gasteiger partial charge in [0, 0.05) is 25.5 Å². The summed E-state index contributed by atoms with van der Waals surface area (Å²) < 4.78 is 26.2. The Labute approximate surface area is 128 Å². The highest BCUT2D eigenvalue weighted by atomic mass is 19.1. The lowest BCUT2D eigenvalue weighted by molar-refractivity contribution is -0.121. The van der Waals surface area contributed by atoms with E-state index in [-0.39, 0.29) is 24.9 Å². The smallest absolute Gasteiger partial charge is 0.220 e. The second-order valence-corrected chi connectivity index (χ2v) is 5.63. The van der Waals surface area contributed by atoms with Gasteiger partial charge < -0.3 is 10.4 Å². The summed E-state index contributed by atoms with van der Waals surface area (Å²) >= 11 is 0. The molecule has 1 aromatic carbocycles. The van der Waals surface area contributed by atoms with E-state index in [4.69, 9.17) is 0 Å². The number of Topliss-reactive ketones (excluding diaryl/α,β-unsaturated/α-hetero) is 1. The number of hydrogen-bond acceptors (Lipinski definition) is 3. The maximum Gasteiger partial charge on any atom is 0.220 e. The number of rotatable bonds is 8. The lowest BCUT2D eigenvalue weighted by Gasteiger charge is -2.13. The fraction of sp³-hybridized carbons (Fsp3) is 0.500. The van der Waals surface area contributed by atoms with Crippen LogP contribution in [0.5, 0.6) is 0 Å². The number of carbonyl (C=O) groups excluding carboxylic acids is 2. The first-order valence-corrected chi connectivity index (χ1v) is 7.22. The minimum absolute atomic E-state index is 0.107. The Morgan fingerprint density at radius 1 is 1.23 bits per heavy atom. The molecule has 0 aromatic heterocycles. The maximum absolute atomic E-state index is 13.4. The van der Waals surface area contributed by atoms with E-state index in [1.165, 1.54) is 0 Å². The normalized spacial score (nSPS) is 12.3. The molecule has 0 bridgehead atoms. The van der Waals surface area contributed by atoms with Gasteiger partial charge in [-0.2, -0.15) is 0 Å². The molecule has 1 atom stereocenters. The number of carbonyl (C=O) groups is 2. The third-order valence-corrected chi connectivity index (χ3v) is 3.09. The number of aliphatic hydroxyl groups excluding tert-OH is 1. The van der Waals surface area contributed by atoms with Crippen LogP contribution < -0.4 is 5.32 Å². The van der Waals surface area contributed by atoms with Gasteiger partial charge in [0.15, 0.2) is 5.78 Å². The summed E-state index contributed by atoms with van der Waals surface area (Å²) in [6.07, 6.45) is -0.340. The predicted molar refractivity (Wildman–Crippen MR) is 78.4 cm³/mol. The molecule has 0 saturated carbocycles. The van der Waals surface area contributed by atoms with Gasteiger partial charge in [-0.1, -0.05) is 13.8 Å². The Kier molecular flexibility index (Phi) is 7.11. The SMILES string of the molecule is CC(C)CC(O)CNC(=O)CCC(=O)c1ccc(F)cc1F. The van der Waals surface area contributed by atoms with Gasteiger partial charge in [0.25, 0.3) is 0 Å². The summed E-state index contributed by atoms with van der Waals surface area (Å²) in [7, 11) is 0. The largest absolute Gasteiger partial charge is 0.391 e. The van der Waals surface area contributed by atoms with Crippen LogP contribution in [0.25, 0.3) is 0 Å². The van der Waals surface area contributed by atoms with Crippen molar-refractivity contribution in [2.24, 2.45) is 5.92 Å². The molecule has 0 heterocycles. The minimum atomic E-state index is -0.933. The molecule has 1 unspecified atom stereocenters. The highest BCUT2D eigenvalue weighted by Gasteiger charge is 2.15. The Bertz CT molecular complexity index is 532. The van der Waals surface area contributed by atoms with Crippen LogP contribution in [-0.4, -0.2) is 29.4 Å². The van der Waals surface area contributed by atoms with Gasteiger partial charge >= 0.3 is 0 Å². The van der Waals surface area contributed by atoms with E-state index >= 15 is 0 Å². The van der Waals surface area contributed by atoms with Crippen LogP contribution in [0, 0.1) is 17.6 Å². The molecule has 0 aliphatic rings. The number of hydrogen-bond donors (Lipinski definition) is 2. The first-order valence-electron chi connectivity index (χ1n) is 7.22. The molecule has 0 spiro atoms. The summed E-state index contributed by atoms with van der Waals surface area (Å²) in [6.45, 7) is 4.04. The van der Waals surface area contributed by atoms with Gasteiger partial charge in [0.1, 0.15) is 11.6 Å². The number of amides is 1. The first kappa shape index (κ1) is 18.2. The van der Waals surface area contributed by atoms with Crippen LogP contribution in [-0.2, 0) is 4.79 Å². The van der Waals surface area contributed by atoms with Crippen molar-refractivity contribution in [2.45, 2.75) is 39.2 Å². The van der Waals surface area contributed by atoms with Crippen LogP contribution in [0.3, 0.4) is 0 Å². The lowest BCUT2D eigenvalue weighted by Crippen LogP contribution is -2.32. The summed E-state index contributed by atoms with van der Waals surface area (Å²) in [5, 5.41) is 12.1. The maximum atomic E-state index is 13.4. The molecular weight excluding hydrogens is 292 g/mol. The van der Waals surface area contributed by atoms with Crippen molar-refractivity contribution < 1.29 is 23.5 Å². The van der Waals surface area contributed by atoms with Crippen molar-refractivity contribution in [1.29, 1.82) is 0 Å². The lowest BCUT2D eigenvalue weighted by atomic mass is 10.0. The quantitative estimate of drug-likeness (QED) is 0.725. The van der Waals surface area contributed by atoms with Crippen molar-refractivity contribution in [1.82, 2.24) is 5.32 Å². The monoisotopic (exact) mass is 313 g/mol. The highest BCUT2D eigenvalue weighted by Crippen LogP contribution is 2.12. The average molecular weight is 313 g/mol. The number of benzene rings is 1. The molecule has 1 rings (SSSR count). The van der Waals surface area contributed by atoms with E-state index < -0.39 is 29.4 Å². The molecule has 0 aliphatic carbocycles. The van der Waals surface area contributed by atoms with Crippen molar-refractivity contribution in [3.8, 4) is 0 Å². The fourth-order valence-corrected chi connectivity index (χ4v) is 2.02. The van der Waals surface area contributed by atoms with Gasteiger partial charge in [0.2, 0.25) is 5.91 Å². The van der Waals surface area contributed by atoms with E-state index in [0.717, 1.165) is 12.1 Å². The van der Waals surface area contributed by atoms with Crippen molar-refractivity contribution in [3.05, 3.63) is 35.4 Å². The minimum Gasteiger partial charge on any atom is -0.391 e. The number of aliphatic hydroxyl groups is 1.